The fourth-order valence-electron chi connectivity index (χ4n) is 8.85. The highest BCUT2D eigenvalue weighted by atomic mass is 16.6. The topological polar surface area (TPSA) is 161 Å². The highest BCUT2D eigenvalue weighted by Crippen LogP contribution is 2.66. The van der Waals surface area contributed by atoms with Crippen molar-refractivity contribution < 1.29 is 48.0 Å². The summed E-state index contributed by atoms with van der Waals surface area (Å²) >= 11 is 0. The molecule has 3 amide bonds. The number of esters is 3. The second kappa shape index (κ2) is 16.7. The molecule has 3 aliphatic rings. The average molecular weight is 788 g/mol. The minimum atomic E-state index is -2.06. The van der Waals surface area contributed by atoms with Crippen LogP contribution in [-0.4, -0.2) is 78.9 Å². The van der Waals surface area contributed by atoms with E-state index < -0.39 is 77.4 Å². The second-order valence-electron chi connectivity index (χ2n) is 14.6. The fourth-order valence-corrected chi connectivity index (χ4v) is 8.85. The highest BCUT2D eigenvalue weighted by molar-refractivity contribution is 6.24. The lowest BCUT2D eigenvalue weighted by Gasteiger charge is -2.46. The third-order valence-electron chi connectivity index (χ3n) is 11.1. The summed E-state index contributed by atoms with van der Waals surface area (Å²) in [4.78, 5) is 76.2. The Bertz CT molecular complexity index is 2200. The number of cyclic esters (lactones) is 1. The molecule has 2 fully saturated rings. The van der Waals surface area contributed by atoms with Gasteiger partial charge in [-0.15, -0.1) is 0 Å². The van der Waals surface area contributed by atoms with Crippen molar-refractivity contribution in [1.82, 2.24) is 10.2 Å². The summed E-state index contributed by atoms with van der Waals surface area (Å²) in [6.45, 7) is 6.49. The van der Waals surface area contributed by atoms with Gasteiger partial charge in [-0.05, 0) is 34.7 Å². The molecule has 3 aliphatic heterocycles. The van der Waals surface area contributed by atoms with Crippen LogP contribution in [-0.2, 0) is 38.8 Å². The van der Waals surface area contributed by atoms with Gasteiger partial charge in [0, 0.05) is 5.56 Å². The molecule has 13 nitrogen and oxygen atoms in total. The summed E-state index contributed by atoms with van der Waals surface area (Å²) in [6.07, 6.45) is 0.450. The van der Waals surface area contributed by atoms with Gasteiger partial charge in [0.05, 0.1) is 31.5 Å². The fraction of sp³-hybridized carbons (Fsp3) is 0.311. The number of hydrogen-bond donors (Lipinski definition) is 2. The number of fused-ring (bicyclic) bond motifs is 3. The summed E-state index contributed by atoms with van der Waals surface area (Å²) in [5.74, 6) is -4.99. The third kappa shape index (κ3) is 6.59. The predicted molar refractivity (Wildman–Crippen MR) is 211 cm³/mol. The first-order chi connectivity index (χ1) is 28.1. The molecule has 7 atom stereocenters. The third-order valence-corrected chi connectivity index (χ3v) is 11.1. The number of methoxy groups -OCH3 is 1. The second-order valence-corrected chi connectivity index (χ2v) is 14.6. The maximum Gasteiger partial charge on any atom is 0.329 e. The van der Waals surface area contributed by atoms with E-state index in [1.165, 1.54) is 13.2 Å². The van der Waals surface area contributed by atoms with E-state index >= 15 is 4.79 Å². The van der Waals surface area contributed by atoms with Crippen LogP contribution < -0.4 is 15.0 Å². The number of carbonyl (C=O) groups is 5. The molecule has 0 saturated carbocycles. The van der Waals surface area contributed by atoms with Gasteiger partial charge in [-0.1, -0.05) is 124 Å². The van der Waals surface area contributed by atoms with Gasteiger partial charge in [0.2, 0.25) is 5.91 Å². The van der Waals surface area contributed by atoms with E-state index in [1.807, 2.05) is 65.6 Å². The number of hydrogen-bond acceptors (Lipinski definition) is 11. The zero-order chi connectivity index (χ0) is 41.1. The molecule has 0 aromatic heterocycles. The van der Waals surface area contributed by atoms with Crippen LogP contribution in [0.15, 0.2) is 122 Å². The van der Waals surface area contributed by atoms with Crippen LogP contribution in [0.4, 0.5) is 10.5 Å². The number of amides is 3. The lowest BCUT2D eigenvalue weighted by Crippen LogP contribution is -2.56. The first-order valence-corrected chi connectivity index (χ1v) is 19.1. The molecule has 0 unspecified atom stereocenters. The number of aliphatic hydroxyl groups excluding tert-OH is 1. The quantitative estimate of drug-likeness (QED) is 0.108. The van der Waals surface area contributed by atoms with Gasteiger partial charge in [0.1, 0.15) is 48.5 Å². The predicted octanol–water partition coefficient (Wildman–Crippen LogP) is 5.36. The maximum absolute atomic E-state index is 16.0. The van der Waals surface area contributed by atoms with Gasteiger partial charge >= 0.3 is 23.9 Å². The molecule has 4 aromatic rings. The van der Waals surface area contributed by atoms with Crippen molar-refractivity contribution in [3.05, 3.63) is 144 Å². The number of para-hydroxylation sites is 2. The Labute approximate surface area is 336 Å². The maximum atomic E-state index is 16.0. The van der Waals surface area contributed by atoms with Crippen molar-refractivity contribution in [2.45, 2.75) is 49.5 Å². The van der Waals surface area contributed by atoms with Crippen molar-refractivity contribution in [3.8, 4) is 5.75 Å². The number of benzene rings is 4. The van der Waals surface area contributed by atoms with E-state index in [4.69, 9.17) is 18.9 Å². The number of nitrogens with one attached hydrogen (secondary N) is 1. The van der Waals surface area contributed by atoms with Crippen LogP contribution in [0.2, 0.25) is 0 Å². The van der Waals surface area contributed by atoms with Crippen LogP contribution in [0, 0.1) is 11.8 Å². The van der Waals surface area contributed by atoms with Gasteiger partial charge in [0.15, 0.2) is 0 Å². The Kier molecular flexibility index (Phi) is 11.5. The Morgan fingerprint density at radius 1 is 0.897 bits per heavy atom. The number of carbonyl (C=O) groups excluding carboxylic acids is 5. The van der Waals surface area contributed by atoms with E-state index in [-0.39, 0.29) is 36.8 Å². The summed E-state index contributed by atoms with van der Waals surface area (Å²) in [6, 6.07) is 26.5. The molecule has 0 bridgehead atoms. The highest BCUT2D eigenvalue weighted by Gasteiger charge is 2.76. The van der Waals surface area contributed by atoms with E-state index in [0.29, 0.717) is 16.7 Å². The molecule has 13 heteroatoms. The van der Waals surface area contributed by atoms with E-state index in [1.54, 1.807) is 62.4 Å². The van der Waals surface area contributed by atoms with Crippen LogP contribution in [0.3, 0.4) is 0 Å². The molecule has 2 N–H and O–H groups in total. The van der Waals surface area contributed by atoms with Gasteiger partial charge in [-0.25, -0.2) is 14.5 Å². The summed E-state index contributed by atoms with van der Waals surface area (Å²) in [5.41, 5.74) is 0.131. The van der Waals surface area contributed by atoms with E-state index in [2.05, 4.69) is 11.9 Å². The van der Waals surface area contributed by atoms with Crippen LogP contribution in [0.5, 0.6) is 5.75 Å². The summed E-state index contributed by atoms with van der Waals surface area (Å²) in [7, 11) is 1.20. The Morgan fingerprint density at radius 3 is 2.19 bits per heavy atom. The number of urea groups is 1. The first kappa shape index (κ1) is 39.9. The molecule has 300 valence electrons. The van der Waals surface area contributed by atoms with E-state index in [0.717, 1.165) is 4.90 Å². The smallest absolute Gasteiger partial charge is 0.329 e. The Hall–Kier alpha value is -6.31. The van der Waals surface area contributed by atoms with Gasteiger partial charge in [0.25, 0.3) is 0 Å². The molecular formula is C45H45N3O10. The molecule has 4 aromatic carbocycles. The summed E-state index contributed by atoms with van der Waals surface area (Å²) in [5, 5.41) is 12.6. The van der Waals surface area contributed by atoms with Gasteiger partial charge in [-0.3, -0.25) is 19.3 Å². The minimum absolute atomic E-state index is 0.106. The monoisotopic (exact) mass is 787 g/mol. The molecule has 0 radical (unpaired) electrons. The number of imide groups is 1. The van der Waals surface area contributed by atoms with Gasteiger partial charge in [-0.2, -0.15) is 0 Å². The van der Waals surface area contributed by atoms with Crippen molar-refractivity contribution >= 4 is 35.5 Å². The number of morpholine rings is 1. The SMILES string of the molecule is C=CCOC(=O)[C@H]1[C@@H]2C(=O)O[C@@H](c3ccccc3)[C@@H](c3ccccc3)N2[C@@H](c2ccccc2OCCO)[C@]12C(=O)N(C(=O)N[C@H](C(=O)OC)C(C)C)c1ccccc12. The number of rotatable bonds is 12. The minimum Gasteiger partial charge on any atom is -0.491 e. The number of aliphatic hydroxyl groups is 1. The molecule has 58 heavy (non-hydrogen) atoms. The lowest BCUT2D eigenvalue weighted by molar-refractivity contribution is -0.180. The van der Waals surface area contributed by atoms with Gasteiger partial charge < -0.3 is 29.4 Å². The van der Waals surface area contributed by atoms with Crippen LogP contribution in [0.25, 0.3) is 0 Å². The molecule has 2 saturated heterocycles. The normalized spacial score (nSPS) is 24.1. The van der Waals surface area contributed by atoms with Crippen LogP contribution >= 0.6 is 0 Å². The number of nitrogens with zero attached hydrogens (tertiary/aromatic N) is 2. The Morgan fingerprint density at radius 2 is 1.53 bits per heavy atom. The Balaban J connectivity index is 1.56. The average Bonchev–Trinajstić information content (AvgIpc) is 3.70. The summed E-state index contributed by atoms with van der Waals surface area (Å²) < 4.78 is 23.4. The number of ether oxygens (including phenoxy) is 4. The molecule has 1 spiro atoms. The zero-order valence-corrected chi connectivity index (χ0v) is 32.4. The van der Waals surface area contributed by atoms with E-state index in [9.17, 15) is 24.3 Å². The molecule has 0 aliphatic carbocycles. The van der Waals surface area contributed by atoms with Crippen molar-refractivity contribution in [2.75, 3.05) is 31.8 Å². The first-order valence-electron chi connectivity index (χ1n) is 19.1. The molecule has 7 rings (SSSR count). The van der Waals surface area contributed by atoms with Crippen molar-refractivity contribution in [1.29, 1.82) is 0 Å². The molecule has 3 heterocycles. The standard InChI is InChI=1S/C45H45N3O10/c1-5-25-57-40(50)34-37-42(52)58-38(29-18-10-7-11-19-29)36(28-16-8-6-9-17-28)48(37)39(30-20-12-15-23-33(30)56-26-24-49)45(34)31-21-13-14-22-32(31)47(43(45)53)44(54)46-35(27(2)3)41(51)55-4/h5-23,27,34-39,49H,1,24-26H2,2-4H3,(H,46,54)/t34-,35+,36-,37-,38+,39+,45-/m1/s1. The van der Waals surface area contributed by atoms with Crippen molar-refractivity contribution in [3.63, 3.8) is 0 Å². The van der Waals surface area contributed by atoms with Crippen LogP contribution in [0.1, 0.15) is 54.3 Å². The molecular weight excluding hydrogens is 743 g/mol. The largest absolute Gasteiger partial charge is 0.491 e. The zero-order valence-electron chi connectivity index (χ0n) is 32.4. The lowest BCUT2D eigenvalue weighted by atomic mass is 9.65. The number of anilines is 1. The van der Waals surface area contributed by atoms with Crippen molar-refractivity contribution in [2.24, 2.45) is 11.8 Å².